The van der Waals surface area contributed by atoms with Crippen molar-refractivity contribution in [1.82, 2.24) is 0 Å². The summed E-state index contributed by atoms with van der Waals surface area (Å²) in [6, 6.07) is 0. The molecule has 0 spiro atoms. The number of carboxylic acid groups (broad SMARTS) is 2. The van der Waals surface area contributed by atoms with Gasteiger partial charge < -0.3 is 14.9 Å². The molecule has 0 aliphatic rings. The van der Waals surface area contributed by atoms with Gasteiger partial charge in [0.1, 0.15) is 0 Å². The predicted molar refractivity (Wildman–Crippen MR) is 55.8 cm³/mol. The first-order chi connectivity index (χ1) is 7.22. The standard InChI is InChI=1S/C6H8O4.C4H6O2/c1-3-5(7)10-4(2)6(8)9;1-3(2)4(5)6/h3-4H,1H2,2H3,(H,8,9);1H2,2H3,(H,5,6). The number of hydrogen-bond acceptors (Lipinski definition) is 4. The van der Waals surface area contributed by atoms with Crippen molar-refractivity contribution in [1.29, 1.82) is 0 Å². The van der Waals surface area contributed by atoms with E-state index in [4.69, 9.17) is 10.2 Å². The second kappa shape index (κ2) is 8.22. The molecule has 0 saturated carbocycles. The third-order valence-electron chi connectivity index (χ3n) is 1.17. The number of carbonyl (C=O) groups excluding carboxylic acids is 1. The van der Waals surface area contributed by atoms with Crippen LogP contribution in [0.5, 0.6) is 0 Å². The van der Waals surface area contributed by atoms with E-state index in [1.165, 1.54) is 13.8 Å². The summed E-state index contributed by atoms with van der Waals surface area (Å²) in [6.07, 6.45) is -0.190. The lowest BCUT2D eigenvalue weighted by Crippen LogP contribution is -2.22. The van der Waals surface area contributed by atoms with Gasteiger partial charge in [-0.25, -0.2) is 14.4 Å². The van der Waals surface area contributed by atoms with Crippen molar-refractivity contribution in [2.75, 3.05) is 0 Å². The average molecular weight is 230 g/mol. The highest BCUT2D eigenvalue weighted by molar-refractivity contribution is 5.85. The van der Waals surface area contributed by atoms with Crippen LogP contribution in [0.25, 0.3) is 0 Å². The number of ether oxygens (including phenoxy) is 1. The van der Waals surface area contributed by atoms with Crippen molar-refractivity contribution in [3.63, 3.8) is 0 Å². The first kappa shape index (κ1) is 16.3. The molecule has 1 unspecified atom stereocenters. The highest BCUT2D eigenvalue weighted by Crippen LogP contribution is 1.90. The first-order valence-electron chi connectivity index (χ1n) is 4.17. The molecule has 0 heterocycles. The van der Waals surface area contributed by atoms with Gasteiger partial charge in [0.2, 0.25) is 0 Å². The molecule has 0 saturated heterocycles. The fourth-order valence-corrected chi connectivity index (χ4v) is 0.273. The van der Waals surface area contributed by atoms with E-state index >= 15 is 0 Å². The Labute approximate surface area is 92.8 Å². The first-order valence-corrected chi connectivity index (χ1v) is 4.17. The molecule has 16 heavy (non-hydrogen) atoms. The summed E-state index contributed by atoms with van der Waals surface area (Å²) in [5.74, 6) is -2.83. The Kier molecular flexibility index (Phi) is 8.39. The third kappa shape index (κ3) is 9.97. The molecule has 0 radical (unpaired) electrons. The molecule has 0 aliphatic heterocycles. The number of rotatable bonds is 4. The lowest BCUT2D eigenvalue weighted by Gasteiger charge is -2.04. The van der Waals surface area contributed by atoms with Crippen LogP contribution in [0, 0.1) is 0 Å². The maximum atomic E-state index is 10.3. The van der Waals surface area contributed by atoms with Crippen LogP contribution in [0.15, 0.2) is 24.8 Å². The number of esters is 1. The number of aliphatic carboxylic acids is 2. The molecular weight excluding hydrogens is 216 g/mol. The van der Waals surface area contributed by atoms with Crippen molar-refractivity contribution in [3.8, 4) is 0 Å². The maximum absolute atomic E-state index is 10.3. The minimum atomic E-state index is -1.17. The van der Waals surface area contributed by atoms with Crippen LogP contribution in [0.3, 0.4) is 0 Å². The van der Waals surface area contributed by atoms with Gasteiger partial charge in [0.15, 0.2) is 6.10 Å². The van der Waals surface area contributed by atoms with Crippen LogP contribution in [0.2, 0.25) is 0 Å². The molecule has 0 amide bonds. The van der Waals surface area contributed by atoms with Gasteiger partial charge in [-0.15, -0.1) is 0 Å². The highest BCUT2D eigenvalue weighted by atomic mass is 16.6. The SMILES string of the molecule is C=C(C)C(=O)O.C=CC(=O)OC(C)C(=O)O. The smallest absolute Gasteiger partial charge is 0.344 e. The van der Waals surface area contributed by atoms with E-state index in [-0.39, 0.29) is 5.57 Å². The quantitative estimate of drug-likeness (QED) is 0.548. The van der Waals surface area contributed by atoms with Crippen molar-refractivity contribution in [2.24, 2.45) is 0 Å². The topological polar surface area (TPSA) is 101 Å². The molecule has 0 aromatic heterocycles. The number of carboxylic acids is 2. The lowest BCUT2D eigenvalue weighted by molar-refractivity contribution is -0.159. The van der Waals surface area contributed by atoms with E-state index < -0.39 is 24.0 Å². The van der Waals surface area contributed by atoms with E-state index in [0.717, 1.165) is 6.08 Å². The third-order valence-corrected chi connectivity index (χ3v) is 1.17. The summed E-state index contributed by atoms with van der Waals surface area (Å²) in [7, 11) is 0. The second-order valence-electron chi connectivity index (χ2n) is 2.71. The van der Waals surface area contributed by atoms with Crippen molar-refractivity contribution in [2.45, 2.75) is 20.0 Å². The minimum Gasteiger partial charge on any atom is -0.479 e. The lowest BCUT2D eigenvalue weighted by atomic mass is 10.4. The molecule has 90 valence electrons. The summed E-state index contributed by atoms with van der Waals surface area (Å²) in [6.45, 7) is 8.97. The molecule has 0 aliphatic carbocycles. The number of carbonyl (C=O) groups is 3. The molecule has 0 bridgehead atoms. The Bertz CT molecular complexity index is 292. The Morgan fingerprint density at radius 1 is 1.31 bits per heavy atom. The van der Waals surface area contributed by atoms with Gasteiger partial charge in [-0.1, -0.05) is 13.2 Å². The Morgan fingerprint density at radius 2 is 1.69 bits per heavy atom. The molecule has 0 aromatic rings. The molecule has 0 fully saturated rings. The molecule has 2 N–H and O–H groups in total. The van der Waals surface area contributed by atoms with Gasteiger partial charge in [-0.05, 0) is 13.8 Å². The summed E-state index contributed by atoms with van der Waals surface area (Å²) in [5.41, 5.74) is 0.176. The molecule has 6 heteroatoms. The van der Waals surface area contributed by atoms with Crippen LogP contribution in [-0.2, 0) is 19.1 Å². The van der Waals surface area contributed by atoms with Crippen LogP contribution in [0.4, 0.5) is 0 Å². The van der Waals surface area contributed by atoms with Crippen LogP contribution < -0.4 is 0 Å². The zero-order valence-corrected chi connectivity index (χ0v) is 9.10. The Balaban J connectivity index is 0. The van der Waals surface area contributed by atoms with Gasteiger partial charge in [-0.2, -0.15) is 0 Å². The summed E-state index contributed by atoms with van der Waals surface area (Å²) in [5, 5.41) is 16.1. The van der Waals surface area contributed by atoms with Gasteiger partial charge >= 0.3 is 17.9 Å². The molecular formula is C10H14O6. The molecule has 1 atom stereocenters. The van der Waals surface area contributed by atoms with Crippen LogP contribution in [-0.4, -0.2) is 34.2 Å². The summed E-state index contributed by atoms with van der Waals surface area (Å²) < 4.78 is 4.30. The van der Waals surface area contributed by atoms with Gasteiger partial charge in [0, 0.05) is 11.6 Å². The predicted octanol–water partition coefficient (Wildman–Crippen LogP) is 0.836. The largest absolute Gasteiger partial charge is 0.479 e. The Morgan fingerprint density at radius 3 is 1.88 bits per heavy atom. The van der Waals surface area contributed by atoms with E-state index in [1.54, 1.807) is 0 Å². The molecule has 6 nitrogen and oxygen atoms in total. The van der Waals surface area contributed by atoms with Gasteiger partial charge in [0.25, 0.3) is 0 Å². The second-order valence-corrected chi connectivity index (χ2v) is 2.71. The number of hydrogen-bond donors (Lipinski definition) is 2. The monoisotopic (exact) mass is 230 g/mol. The average Bonchev–Trinajstić information content (AvgIpc) is 2.18. The fraction of sp³-hybridized carbons (Fsp3) is 0.300. The fourth-order valence-electron chi connectivity index (χ4n) is 0.273. The van der Waals surface area contributed by atoms with Crippen molar-refractivity contribution >= 4 is 17.9 Å². The van der Waals surface area contributed by atoms with E-state index in [0.29, 0.717) is 0 Å². The maximum Gasteiger partial charge on any atom is 0.344 e. The molecule has 0 aromatic carbocycles. The highest BCUT2D eigenvalue weighted by Gasteiger charge is 2.13. The van der Waals surface area contributed by atoms with Crippen molar-refractivity contribution < 1.29 is 29.3 Å². The van der Waals surface area contributed by atoms with Crippen LogP contribution >= 0.6 is 0 Å². The van der Waals surface area contributed by atoms with Crippen LogP contribution in [0.1, 0.15) is 13.8 Å². The minimum absolute atomic E-state index is 0.176. The normalized spacial score (nSPS) is 10.1. The van der Waals surface area contributed by atoms with E-state index in [2.05, 4.69) is 17.9 Å². The van der Waals surface area contributed by atoms with Gasteiger partial charge in [-0.3, -0.25) is 0 Å². The molecule has 0 rings (SSSR count). The van der Waals surface area contributed by atoms with E-state index in [9.17, 15) is 14.4 Å². The zero-order valence-electron chi connectivity index (χ0n) is 9.10. The van der Waals surface area contributed by atoms with Crippen molar-refractivity contribution in [3.05, 3.63) is 24.8 Å². The van der Waals surface area contributed by atoms with E-state index in [1.807, 2.05) is 0 Å². The summed E-state index contributed by atoms with van der Waals surface area (Å²) in [4.78, 5) is 30.0. The Hall–Kier alpha value is -2.11. The van der Waals surface area contributed by atoms with Gasteiger partial charge in [0.05, 0.1) is 0 Å². The zero-order chi connectivity index (χ0) is 13.3. The summed E-state index contributed by atoms with van der Waals surface area (Å²) >= 11 is 0.